The average molecular weight is 438 g/mol. The van der Waals surface area contributed by atoms with Gasteiger partial charge in [-0.25, -0.2) is 0 Å². The summed E-state index contributed by atoms with van der Waals surface area (Å²) in [5.74, 6) is -0.281. The Morgan fingerprint density at radius 3 is 2.67 bits per heavy atom. The Morgan fingerprint density at radius 1 is 1.44 bits per heavy atom. The Bertz CT molecular complexity index is 541. The van der Waals surface area contributed by atoms with Crippen LogP contribution < -0.4 is 10.0 Å². The summed E-state index contributed by atoms with van der Waals surface area (Å²) in [4.78, 5) is 12.0. The minimum absolute atomic E-state index is 0.281. The van der Waals surface area contributed by atoms with Crippen LogP contribution in [0.5, 0.6) is 0 Å². The summed E-state index contributed by atoms with van der Waals surface area (Å²) in [5.41, 5.74) is 2.43. The summed E-state index contributed by atoms with van der Waals surface area (Å²) in [6.45, 7) is 4.85. The van der Waals surface area contributed by atoms with E-state index in [-0.39, 0.29) is 5.91 Å². The van der Waals surface area contributed by atoms with Crippen molar-refractivity contribution >= 4 is 18.9 Å². The molecular weight excluding hydrogens is 420 g/mol. The fourth-order valence-electron chi connectivity index (χ4n) is 1.49. The first-order chi connectivity index (χ1) is 8.33. The van der Waals surface area contributed by atoms with Crippen molar-refractivity contribution < 1.29 is 27.0 Å². The van der Waals surface area contributed by atoms with E-state index in [1.165, 1.54) is 0 Å². The zero-order valence-corrected chi connectivity index (χ0v) is 14.5. The molecule has 1 unspecified atom stereocenters. The Balaban J connectivity index is 3.03. The normalized spacial score (nSPS) is 13.7. The maximum absolute atomic E-state index is 12.0. The molecule has 18 heavy (non-hydrogen) atoms. The second-order valence-corrected chi connectivity index (χ2v) is 12.8. The van der Waals surface area contributed by atoms with Gasteiger partial charge in [0.1, 0.15) is 0 Å². The van der Waals surface area contributed by atoms with Gasteiger partial charge < -0.3 is 0 Å². The van der Waals surface area contributed by atoms with Crippen LogP contribution in [-0.4, -0.2) is 22.9 Å². The molecule has 1 aromatic carbocycles. The molecule has 0 spiro atoms. The third-order valence-corrected chi connectivity index (χ3v) is 3.72. The van der Waals surface area contributed by atoms with Crippen LogP contribution in [0.15, 0.2) is 18.2 Å². The van der Waals surface area contributed by atoms with Gasteiger partial charge >= 0.3 is 118 Å². The van der Waals surface area contributed by atoms with Gasteiger partial charge in [-0.05, 0) is 0 Å². The molecule has 0 bridgehead atoms. The van der Waals surface area contributed by atoms with Crippen molar-refractivity contribution in [3.05, 3.63) is 29.3 Å². The Morgan fingerprint density at radius 2 is 2.11 bits per heavy atom. The van der Waals surface area contributed by atoms with Gasteiger partial charge in [-0.15, -0.1) is 0 Å². The number of benzene rings is 1. The molecule has 1 rings (SSSR count). The molecule has 0 saturated heterocycles. The average Bonchev–Trinajstić information content (AvgIpc) is 2.23. The Hall–Kier alpha value is -0.672. The van der Waals surface area contributed by atoms with E-state index in [4.69, 9.17) is 0 Å². The van der Waals surface area contributed by atoms with Crippen LogP contribution in [-0.2, 0) is 25.3 Å². The van der Waals surface area contributed by atoms with Crippen molar-refractivity contribution in [2.75, 3.05) is 18.1 Å². The zero-order valence-electron chi connectivity index (χ0n) is 10.8. The summed E-state index contributed by atoms with van der Waals surface area (Å²) in [6.07, 6.45) is 2.53. The summed E-state index contributed by atoms with van der Waals surface area (Å²) in [6, 6.07) is 5.58. The number of anilines is 1. The molecule has 0 fully saturated rings. The first-order valence-corrected chi connectivity index (χ1v) is 11.2. The molecule has 0 heterocycles. The fraction of sp³-hybridized carbons (Fsp3) is 0.417. The summed E-state index contributed by atoms with van der Waals surface area (Å²) in [7, 11) is -2.21. The topological polar surface area (TPSA) is 58.2 Å². The van der Waals surface area contributed by atoms with E-state index in [0.29, 0.717) is 5.56 Å². The molecule has 4 nitrogen and oxygen atoms in total. The van der Waals surface area contributed by atoms with Crippen LogP contribution in [0, 0.1) is 6.92 Å². The zero-order chi connectivity index (χ0) is 13.8. The predicted octanol–water partition coefficient (Wildman–Crippen LogP) is 1.84. The standard InChI is InChI=1S/C12H18N2O2S.W/c1-4-7-13-11-8-9(2)5-6-10(11)12(15)14-17(3)16;/h5-6,8,13H,4,7H2,1-3H3,(H,14,15);. The van der Waals surface area contributed by atoms with Gasteiger partial charge in [0, 0.05) is 0 Å². The Kier molecular flexibility index (Phi) is 5.54. The molecule has 1 atom stereocenters. The molecule has 0 radical (unpaired) electrons. The van der Waals surface area contributed by atoms with Gasteiger partial charge in [-0.2, -0.15) is 0 Å². The summed E-state index contributed by atoms with van der Waals surface area (Å²) < 4.78 is 14.2. The molecule has 6 heteroatoms. The van der Waals surface area contributed by atoms with Gasteiger partial charge in [0.05, 0.1) is 0 Å². The van der Waals surface area contributed by atoms with Crippen LogP contribution in [0.1, 0.15) is 29.3 Å². The van der Waals surface area contributed by atoms with Crippen LogP contribution >= 0.6 is 0 Å². The third-order valence-electron chi connectivity index (χ3n) is 2.26. The van der Waals surface area contributed by atoms with E-state index in [0.717, 1.165) is 42.2 Å². The number of carbonyl (C=O) groups excluding carboxylic acids is 1. The van der Waals surface area contributed by atoms with E-state index >= 15 is 0 Å². The van der Waals surface area contributed by atoms with Crippen molar-refractivity contribution in [1.82, 2.24) is 4.72 Å². The first kappa shape index (κ1) is 15.4. The minimum atomic E-state index is -2.21. The number of hydrogen-bond acceptors (Lipinski definition) is 3. The molecular formula is C12H18N2O2SW. The second kappa shape index (κ2) is 6.48. The van der Waals surface area contributed by atoms with Gasteiger partial charge in [0.25, 0.3) is 0 Å². The maximum atomic E-state index is 12.0. The van der Waals surface area contributed by atoms with Crippen molar-refractivity contribution in [3.8, 4) is 0 Å². The van der Waals surface area contributed by atoms with E-state index in [2.05, 4.69) is 17.0 Å². The third kappa shape index (κ3) is 4.91. The van der Waals surface area contributed by atoms with E-state index in [1.54, 1.807) is 12.3 Å². The van der Waals surface area contributed by atoms with Crippen molar-refractivity contribution in [1.29, 1.82) is 0 Å². The second-order valence-electron chi connectivity index (χ2n) is 4.18. The molecule has 2 N–H and O–H groups in total. The number of rotatable bonds is 5. The van der Waals surface area contributed by atoms with Gasteiger partial charge in [0.2, 0.25) is 0 Å². The van der Waals surface area contributed by atoms with Gasteiger partial charge in [0.15, 0.2) is 0 Å². The summed E-state index contributed by atoms with van der Waals surface area (Å²) >= 11 is 0.876. The van der Waals surface area contributed by atoms with Crippen molar-refractivity contribution in [2.45, 2.75) is 20.3 Å². The van der Waals surface area contributed by atoms with Gasteiger partial charge in [-0.1, -0.05) is 0 Å². The van der Waals surface area contributed by atoms with Crippen LogP contribution in [0.4, 0.5) is 5.69 Å². The first-order valence-electron chi connectivity index (χ1n) is 5.70. The van der Waals surface area contributed by atoms with Gasteiger partial charge in [-0.3, -0.25) is 0 Å². The molecule has 0 aliphatic heterocycles. The SMILES string of the molecule is CCCNc1cc(C)ccc1C(=O)N[S](C)(=O)=[W]. The van der Waals surface area contributed by atoms with E-state index in [9.17, 15) is 9.00 Å². The van der Waals surface area contributed by atoms with E-state index in [1.807, 2.05) is 19.1 Å². The van der Waals surface area contributed by atoms with Crippen molar-refractivity contribution in [2.24, 2.45) is 0 Å². The number of carbonyl (C=O) groups is 1. The fourth-order valence-corrected chi connectivity index (χ4v) is 2.75. The molecule has 0 aliphatic carbocycles. The molecule has 0 aliphatic rings. The molecule has 1 amide bonds. The monoisotopic (exact) mass is 438 g/mol. The number of aryl methyl sites for hydroxylation is 1. The molecule has 0 saturated carbocycles. The number of hydrogen-bond donors (Lipinski definition) is 2. The van der Waals surface area contributed by atoms with Crippen LogP contribution in [0.3, 0.4) is 0 Å². The summed E-state index contributed by atoms with van der Waals surface area (Å²) in [5, 5.41) is 3.22. The predicted molar refractivity (Wildman–Crippen MR) is 71.5 cm³/mol. The van der Waals surface area contributed by atoms with Crippen LogP contribution in [0.25, 0.3) is 0 Å². The van der Waals surface area contributed by atoms with Crippen LogP contribution in [0.2, 0.25) is 0 Å². The number of nitrogens with one attached hydrogen (secondary N) is 2. The number of amides is 1. The van der Waals surface area contributed by atoms with E-state index < -0.39 is 7.31 Å². The quantitative estimate of drug-likeness (QED) is 0.738. The molecule has 0 aromatic heterocycles. The van der Waals surface area contributed by atoms with Crippen molar-refractivity contribution in [3.63, 3.8) is 0 Å². The Labute approximate surface area is 118 Å². The molecule has 1 aromatic rings. The molecule has 100 valence electrons.